The minimum atomic E-state index is -0.614. The normalized spacial score (nSPS) is 14.3. The molecule has 4 aromatic rings. The Morgan fingerprint density at radius 2 is 1.73 bits per heavy atom. The van der Waals surface area contributed by atoms with Crippen molar-refractivity contribution in [2.75, 3.05) is 14.1 Å². The van der Waals surface area contributed by atoms with E-state index in [9.17, 15) is 18.8 Å². The summed E-state index contributed by atoms with van der Waals surface area (Å²) in [6.45, 7) is 4.65. The van der Waals surface area contributed by atoms with E-state index in [1.807, 2.05) is 81.4 Å². The summed E-state index contributed by atoms with van der Waals surface area (Å²) in [6.07, 6.45) is 0.682. The van der Waals surface area contributed by atoms with Crippen molar-refractivity contribution in [2.24, 2.45) is 0 Å². The molecule has 0 saturated carbocycles. The zero-order valence-corrected chi connectivity index (χ0v) is 21.9. The van der Waals surface area contributed by atoms with Crippen LogP contribution < -0.4 is 10.6 Å². The number of nitrogens with one attached hydrogen (secondary N) is 2. The van der Waals surface area contributed by atoms with Gasteiger partial charge in [0.05, 0.1) is 10.2 Å². The van der Waals surface area contributed by atoms with Crippen LogP contribution in [0, 0.1) is 5.82 Å². The number of carbonyl (C=O) groups is 3. The molecule has 1 aliphatic heterocycles. The number of fused-ring (bicyclic) bond motifs is 1. The number of aldehydes is 1. The molecule has 0 bridgehead atoms. The lowest BCUT2D eigenvalue weighted by atomic mass is 10.1. The molecule has 3 amide bonds. The minimum absolute atomic E-state index is 0.322. The van der Waals surface area contributed by atoms with Crippen LogP contribution in [0.2, 0.25) is 0 Å². The van der Waals surface area contributed by atoms with Crippen LogP contribution in [0.5, 0.6) is 0 Å². The molecule has 1 aromatic heterocycles. The first-order chi connectivity index (χ1) is 17.8. The average molecular weight is 521 g/mol. The molecule has 3 aromatic carbocycles. The van der Waals surface area contributed by atoms with E-state index >= 15 is 0 Å². The van der Waals surface area contributed by atoms with Crippen molar-refractivity contribution >= 4 is 39.8 Å². The lowest BCUT2D eigenvalue weighted by Gasteiger charge is -2.11. The van der Waals surface area contributed by atoms with Crippen LogP contribution in [0.15, 0.2) is 66.7 Å². The Morgan fingerprint density at radius 3 is 2.32 bits per heavy atom. The SMILES string of the molecule is CC.CN(C)Cc1ccc(F)cc1C=O.O=C1NC(=O)C(c2ccc(-c3nc4ccccc4s3)cc2)N1. The summed E-state index contributed by atoms with van der Waals surface area (Å²) in [4.78, 5) is 39.9. The van der Waals surface area contributed by atoms with Gasteiger partial charge in [-0.2, -0.15) is 0 Å². The number of hydrogen-bond acceptors (Lipinski definition) is 6. The predicted octanol–water partition coefficient (Wildman–Crippen LogP) is 5.57. The van der Waals surface area contributed by atoms with Gasteiger partial charge in [0.25, 0.3) is 5.91 Å². The van der Waals surface area contributed by atoms with Crippen molar-refractivity contribution in [1.29, 1.82) is 0 Å². The van der Waals surface area contributed by atoms with Gasteiger partial charge in [0.1, 0.15) is 23.2 Å². The highest BCUT2D eigenvalue weighted by atomic mass is 32.1. The van der Waals surface area contributed by atoms with Crippen LogP contribution >= 0.6 is 11.3 Å². The summed E-state index contributed by atoms with van der Waals surface area (Å²) in [6, 6.07) is 18.7. The van der Waals surface area contributed by atoms with Gasteiger partial charge in [0, 0.05) is 17.7 Å². The van der Waals surface area contributed by atoms with Crippen LogP contribution in [-0.2, 0) is 11.3 Å². The molecule has 1 fully saturated rings. The van der Waals surface area contributed by atoms with E-state index in [2.05, 4.69) is 15.6 Å². The van der Waals surface area contributed by atoms with E-state index < -0.39 is 12.1 Å². The van der Waals surface area contributed by atoms with Crippen LogP contribution in [0.25, 0.3) is 20.8 Å². The number of para-hydroxylation sites is 1. The molecule has 5 rings (SSSR count). The zero-order valence-electron chi connectivity index (χ0n) is 21.1. The number of carbonyl (C=O) groups excluding carboxylic acids is 3. The van der Waals surface area contributed by atoms with Crippen molar-refractivity contribution in [2.45, 2.75) is 26.4 Å². The van der Waals surface area contributed by atoms with Gasteiger partial charge < -0.3 is 10.2 Å². The maximum absolute atomic E-state index is 12.7. The Kier molecular flexibility index (Phi) is 9.59. The topological polar surface area (TPSA) is 91.4 Å². The number of rotatable bonds is 5. The van der Waals surface area contributed by atoms with Crippen molar-refractivity contribution in [1.82, 2.24) is 20.5 Å². The second-order valence-corrected chi connectivity index (χ2v) is 9.23. The lowest BCUT2D eigenvalue weighted by Crippen LogP contribution is -2.22. The third-order valence-corrected chi connectivity index (χ3v) is 6.37. The van der Waals surface area contributed by atoms with Gasteiger partial charge in [-0.05, 0) is 49.5 Å². The molecule has 0 radical (unpaired) electrons. The van der Waals surface area contributed by atoms with E-state index in [1.54, 1.807) is 17.4 Å². The van der Waals surface area contributed by atoms with Crippen LogP contribution in [0.4, 0.5) is 9.18 Å². The van der Waals surface area contributed by atoms with Crippen molar-refractivity contribution < 1.29 is 18.8 Å². The molecule has 7 nitrogen and oxygen atoms in total. The number of urea groups is 1. The molecule has 1 unspecified atom stereocenters. The summed E-state index contributed by atoms with van der Waals surface area (Å²) in [5, 5.41) is 5.76. The molecule has 1 saturated heterocycles. The molecule has 37 heavy (non-hydrogen) atoms. The maximum Gasteiger partial charge on any atom is 0.322 e. The molecule has 0 spiro atoms. The first kappa shape index (κ1) is 27.6. The van der Waals surface area contributed by atoms with Crippen molar-refractivity contribution in [3.05, 3.63) is 89.2 Å². The van der Waals surface area contributed by atoms with E-state index in [0.29, 0.717) is 18.4 Å². The number of aromatic nitrogens is 1. The van der Waals surface area contributed by atoms with Gasteiger partial charge in [0.15, 0.2) is 0 Å². The third-order valence-electron chi connectivity index (χ3n) is 5.28. The Balaban J connectivity index is 0.000000218. The molecule has 2 heterocycles. The third kappa shape index (κ3) is 7.05. The predicted molar refractivity (Wildman–Crippen MR) is 145 cm³/mol. The maximum atomic E-state index is 12.7. The quantitative estimate of drug-likeness (QED) is 0.265. The largest absolute Gasteiger partial charge is 0.322 e. The molecular weight excluding hydrogens is 491 g/mol. The zero-order chi connectivity index (χ0) is 26.9. The molecule has 1 aliphatic rings. The van der Waals surface area contributed by atoms with Gasteiger partial charge >= 0.3 is 6.03 Å². The van der Waals surface area contributed by atoms with Crippen LogP contribution in [0.3, 0.4) is 0 Å². The van der Waals surface area contributed by atoms with Gasteiger partial charge in [-0.25, -0.2) is 14.2 Å². The Bertz CT molecular complexity index is 1350. The second-order valence-electron chi connectivity index (χ2n) is 8.20. The fraction of sp³-hybridized carbons (Fsp3) is 0.214. The van der Waals surface area contributed by atoms with Gasteiger partial charge in [-0.15, -0.1) is 11.3 Å². The molecule has 192 valence electrons. The summed E-state index contributed by atoms with van der Waals surface area (Å²) >= 11 is 1.63. The second kappa shape index (κ2) is 12.8. The molecule has 1 atom stereocenters. The van der Waals surface area contributed by atoms with Gasteiger partial charge in [0.2, 0.25) is 0 Å². The standard InChI is InChI=1S/C16H11N3O2S.C10H12FNO.C2H6/c20-14-13(18-16(21)19-14)9-5-7-10(8-6-9)15-17-11-3-1-2-4-12(11)22-15;1-12(2)6-8-3-4-10(11)5-9(8)7-13;1-2/h1-8,13H,(H2,18,19,20,21);3-5,7H,6H2,1-2H3;1-2H3. The van der Waals surface area contributed by atoms with E-state index in [0.717, 1.165) is 31.9 Å². The van der Waals surface area contributed by atoms with Crippen molar-refractivity contribution in [3.8, 4) is 10.6 Å². The highest BCUT2D eigenvalue weighted by molar-refractivity contribution is 7.21. The summed E-state index contributed by atoms with van der Waals surface area (Å²) in [5.41, 5.74) is 4.01. The van der Waals surface area contributed by atoms with Gasteiger partial charge in [-0.3, -0.25) is 14.9 Å². The van der Waals surface area contributed by atoms with Crippen LogP contribution in [0.1, 0.15) is 41.4 Å². The number of imide groups is 1. The smallest absolute Gasteiger partial charge is 0.322 e. The number of thiazole rings is 1. The summed E-state index contributed by atoms with van der Waals surface area (Å²) in [5.74, 6) is -0.692. The Morgan fingerprint density at radius 1 is 1.03 bits per heavy atom. The first-order valence-electron chi connectivity index (χ1n) is 11.8. The Labute approximate surface area is 219 Å². The molecule has 9 heteroatoms. The van der Waals surface area contributed by atoms with Crippen molar-refractivity contribution in [3.63, 3.8) is 0 Å². The number of benzene rings is 3. The number of hydrogen-bond donors (Lipinski definition) is 2. The lowest BCUT2D eigenvalue weighted by molar-refractivity contribution is -0.120. The van der Waals surface area contributed by atoms with Crippen LogP contribution in [-0.4, -0.2) is 42.2 Å². The highest BCUT2D eigenvalue weighted by Crippen LogP contribution is 2.30. The first-order valence-corrected chi connectivity index (χ1v) is 12.6. The van der Waals surface area contributed by atoms with Gasteiger partial charge in [-0.1, -0.05) is 56.3 Å². The number of halogens is 1. The van der Waals surface area contributed by atoms with E-state index in [-0.39, 0.29) is 11.7 Å². The highest BCUT2D eigenvalue weighted by Gasteiger charge is 2.30. The molecule has 2 N–H and O–H groups in total. The fourth-order valence-electron chi connectivity index (χ4n) is 3.63. The minimum Gasteiger partial charge on any atom is -0.322 e. The fourth-order valence-corrected chi connectivity index (χ4v) is 4.60. The molecular formula is C28H29FN4O3S. The monoisotopic (exact) mass is 520 g/mol. The van der Waals surface area contributed by atoms with E-state index in [4.69, 9.17) is 0 Å². The summed E-state index contributed by atoms with van der Waals surface area (Å²) in [7, 11) is 3.80. The van der Waals surface area contributed by atoms with E-state index in [1.165, 1.54) is 12.1 Å². The Hall–Kier alpha value is -3.95. The number of amides is 3. The number of nitrogens with zero attached hydrogens (tertiary/aromatic N) is 2. The molecule has 0 aliphatic carbocycles. The summed E-state index contributed by atoms with van der Waals surface area (Å²) < 4.78 is 13.8. The average Bonchev–Trinajstić information content (AvgIpc) is 3.49.